The van der Waals surface area contributed by atoms with Gasteiger partial charge in [0.2, 0.25) is 0 Å². The van der Waals surface area contributed by atoms with Crippen molar-refractivity contribution in [1.29, 1.82) is 0 Å². The predicted molar refractivity (Wildman–Crippen MR) is 78.5 cm³/mol. The Labute approximate surface area is 116 Å². The van der Waals surface area contributed by atoms with Crippen LogP contribution in [0.2, 0.25) is 0 Å². The van der Waals surface area contributed by atoms with Crippen molar-refractivity contribution in [1.82, 2.24) is 0 Å². The number of phenolic OH excluding ortho intramolecular Hbond substituents is 2. The molecule has 0 radical (unpaired) electrons. The number of aromatic hydroxyl groups is 2. The number of ether oxygens (including phenoxy) is 1. The zero-order valence-corrected chi connectivity index (χ0v) is 11.0. The largest absolute Gasteiger partial charge is 0.507 e. The summed E-state index contributed by atoms with van der Waals surface area (Å²) in [6, 6.07) is 16.0. The third-order valence-corrected chi connectivity index (χ3v) is 3.18. The van der Waals surface area contributed by atoms with Crippen LogP contribution >= 0.6 is 0 Å². The molecule has 3 heteroatoms. The van der Waals surface area contributed by atoms with Crippen molar-refractivity contribution in [3.8, 4) is 23.0 Å². The lowest BCUT2D eigenvalue weighted by atomic mass is 10.1. The normalized spacial score (nSPS) is 10.7. The first-order valence-electron chi connectivity index (χ1n) is 6.33. The Morgan fingerprint density at radius 3 is 2.35 bits per heavy atom. The minimum atomic E-state index is 0.0277. The van der Waals surface area contributed by atoms with Gasteiger partial charge in [-0.1, -0.05) is 36.4 Å². The second-order valence-electron chi connectivity index (χ2n) is 4.71. The fourth-order valence-electron chi connectivity index (χ4n) is 2.20. The third kappa shape index (κ3) is 2.14. The van der Waals surface area contributed by atoms with E-state index in [-0.39, 0.29) is 17.2 Å². The van der Waals surface area contributed by atoms with Gasteiger partial charge in [-0.05, 0) is 24.6 Å². The standard InChI is InChI=1S/C17H14O3/c1-11-5-4-6-12(9-11)20-16-10-15(18)13-7-2-3-8-14(13)17(16)19/h2-10,18-19H,1H3. The Balaban J connectivity index is 2.10. The molecule has 0 spiro atoms. The van der Waals surface area contributed by atoms with E-state index < -0.39 is 0 Å². The van der Waals surface area contributed by atoms with E-state index in [0.717, 1.165) is 5.56 Å². The average Bonchev–Trinajstić information content (AvgIpc) is 2.45. The second-order valence-corrected chi connectivity index (χ2v) is 4.71. The molecule has 0 bridgehead atoms. The molecule has 0 unspecified atom stereocenters. The Bertz CT molecular complexity index is 778. The van der Waals surface area contributed by atoms with Gasteiger partial charge >= 0.3 is 0 Å². The molecule has 0 atom stereocenters. The highest BCUT2D eigenvalue weighted by atomic mass is 16.5. The van der Waals surface area contributed by atoms with Crippen LogP contribution in [0.3, 0.4) is 0 Å². The molecule has 3 rings (SSSR count). The van der Waals surface area contributed by atoms with Crippen molar-refractivity contribution in [2.24, 2.45) is 0 Å². The highest BCUT2D eigenvalue weighted by molar-refractivity contribution is 5.95. The topological polar surface area (TPSA) is 49.7 Å². The van der Waals surface area contributed by atoms with Gasteiger partial charge in [0, 0.05) is 16.8 Å². The van der Waals surface area contributed by atoms with Crippen LogP contribution in [0.5, 0.6) is 23.0 Å². The smallest absolute Gasteiger partial charge is 0.173 e. The lowest BCUT2D eigenvalue weighted by Gasteiger charge is -2.11. The summed E-state index contributed by atoms with van der Waals surface area (Å²) in [7, 11) is 0. The number of hydrogen-bond acceptors (Lipinski definition) is 3. The molecular formula is C17H14O3. The van der Waals surface area contributed by atoms with E-state index in [0.29, 0.717) is 16.5 Å². The van der Waals surface area contributed by atoms with Crippen molar-refractivity contribution in [3.63, 3.8) is 0 Å². The third-order valence-electron chi connectivity index (χ3n) is 3.18. The summed E-state index contributed by atoms with van der Waals surface area (Å²) in [5.41, 5.74) is 1.06. The summed E-state index contributed by atoms with van der Waals surface area (Å²) in [5.74, 6) is 0.975. The van der Waals surface area contributed by atoms with Gasteiger partial charge in [0.15, 0.2) is 11.5 Å². The number of benzene rings is 3. The van der Waals surface area contributed by atoms with E-state index in [2.05, 4.69) is 0 Å². The van der Waals surface area contributed by atoms with Crippen molar-refractivity contribution in [3.05, 3.63) is 60.2 Å². The van der Waals surface area contributed by atoms with Crippen molar-refractivity contribution in [2.45, 2.75) is 6.92 Å². The molecule has 0 aliphatic rings. The van der Waals surface area contributed by atoms with E-state index in [1.165, 1.54) is 6.07 Å². The molecule has 0 saturated heterocycles. The van der Waals surface area contributed by atoms with Crippen molar-refractivity contribution in [2.75, 3.05) is 0 Å². The Kier molecular flexibility index (Phi) is 2.95. The predicted octanol–water partition coefficient (Wildman–Crippen LogP) is 4.35. The van der Waals surface area contributed by atoms with Crippen LogP contribution < -0.4 is 4.74 Å². The number of rotatable bonds is 2. The molecule has 2 N–H and O–H groups in total. The molecule has 3 nitrogen and oxygen atoms in total. The summed E-state index contributed by atoms with van der Waals surface area (Å²) in [4.78, 5) is 0. The summed E-state index contributed by atoms with van der Waals surface area (Å²) in [6.07, 6.45) is 0. The maximum atomic E-state index is 10.3. The Morgan fingerprint density at radius 2 is 1.60 bits per heavy atom. The summed E-state index contributed by atoms with van der Waals surface area (Å²) in [6.45, 7) is 1.96. The fraction of sp³-hybridized carbons (Fsp3) is 0.0588. The van der Waals surface area contributed by atoms with Gasteiger partial charge in [0.05, 0.1) is 0 Å². The van der Waals surface area contributed by atoms with Gasteiger partial charge in [0.25, 0.3) is 0 Å². The molecule has 0 fully saturated rings. The van der Waals surface area contributed by atoms with E-state index >= 15 is 0 Å². The number of phenols is 2. The van der Waals surface area contributed by atoms with Crippen LogP contribution in [0.1, 0.15) is 5.56 Å². The SMILES string of the molecule is Cc1cccc(Oc2cc(O)c3ccccc3c2O)c1. The zero-order chi connectivity index (χ0) is 14.1. The van der Waals surface area contributed by atoms with Crippen LogP contribution in [0, 0.1) is 6.92 Å². The number of hydrogen-bond donors (Lipinski definition) is 2. The summed E-state index contributed by atoms with van der Waals surface area (Å²) in [5, 5.41) is 21.5. The van der Waals surface area contributed by atoms with Gasteiger partial charge in [-0.3, -0.25) is 0 Å². The Morgan fingerprint density at radius 1 is 0.850 bits per heavy atom. The van der Waals surface area contributed by atoms with Crippen LogP contribution in [0.4, 0.5) is 0 Å². The number of fused-ring (bicyclic) bond motifs is 1. The zero-order valence-electron chi connectivity index (χ0n) is 11.0. The molecule has 0 saturated carbocycles. The van der Waals surface area contributed by atoms with Crippen LogP contribution in [0.25, 0.3) is 10.8 Å². The average molecular weight is 266 g/mol. The second kappa shape index (κ2) is 4.78. The summed E-state index contributed by atoms with van der Waals surface area (Å²) < 4.78 is 5.67. The van der Waals surface area contributed by atoms with Crippen molar-refractivity contribution >= 4 is 10.8 Å². The highest BCUT2D eigenvalue weighted by Crippen LogP contribution is 2.41. The monoisotopic (exact) mass is 266 g/mol. The molecule has 0 heterocycles. The number of aryl methyl sites for hydroxylation is 1. The van der Waals surface area contributed by atoms with E-state index in [1.54, 1.807) is 24.3 Å². The first-order chi connectivity index (χ1) is 9.65. The quantitative estimate of drug-likeness (QED) is 0.678. The molecule has 0 aromatic heterocycles. The van der Waals surface area contributed by atoms with Gasteiger partial charge in [-0.2, -0.15) is 0 Å². The van der Waals surface area contributed by atoms with Gasteiger partial charge in [0.1, 0.15) is 11.5 Å². The molecule has 0 aliphatic carbocycles. The molecule has 3 aromatic carbocycles. The molecule has 0 amide bonds. The lowest BCUT2D eigenvalue weighted by Crippen LogP contribution is -1.87. The lowest BCUT2D eigenvalue weighted by molar-refractivity contribution is 0.409. The molecular weight excluding hydrogens is 252 g/mol. The maximum absolute atomic E-state index is 10.3. The van der Waals surface area contributed by atoms with Crippen molar-refractivity contribution < 1.29 is 14.9 Å². The van der Waals surface area contributed by atoms with Crippen LogP contribution in [-0.2, 0) is 0 Å². The van der Waals surface area contributed by atoms with Crippen LogP contribution in [0.15, 0.2) is 54.6 Å². The first-order valence-corrected chi connectivity index (χ1v) is 6.33. The molecule has 100 valence electrons. The van der Waals surface area contributed by atoms with Crippen LogP contribution in [-0.4, -0.2) is 10.2 Å². The van der Waals surface area contributed by atoms with E-state index in [1.807, 2.05) is 31.2 Å². The molecule has 20 heavy (non-hydrogen) atoms. The van der Waals surface area contributed by atoms with E-state index in [9.17, 15) is 10.2 Å². The Hall–Kier alpha value is -2.68. The first kappa shape index (κ1) is 12.4. The molecule has 0 aliphatic heterocycles. The maximum Gasteiger partial charge on any atom is 0.173 e. The minimum absolute atomic E-state index is 0.0277. The molecule has 3 aromatic rings. The van der Waals surface area contributed by atoms with Gasteiger partial charge in [-0.15, -0.1) is 0 Å². The minimum Gasteiger partial charge on any atom is -0.507 e. The van der Waals surface area contributed by atoms with Gasteiger partial charge < -0.3 is 14.9 Å². The highest BCUT2D eigenvalue weighted by Gasteiger charge is 2.12. The van der Waals surface area contributed by atoms with Gasteiger partial charge in [-0.25, -0.2) is 0 Å². The fourth-order valence-corrected chi connectivity index (χ4v) is 2.20. The summed E-state index contributed by atoms with van der Waals surface area (Å²) >= 11 is 0. The van der Waals surface area contributed by atoms with E-state index in [4.69, 9.17) is 4.74 Å².